The van der Waals surface area contributed by atoms with Crippen LogP contribution < -0.4 is 20.9 Å². The molecule has 2 aromatic carbocycles. The fourth-order valence-corrected chi connectivity index (χ4v) is 2.40. The van der Waals surface area contributed by atoms with E-state index in [1.165, 1.54) is 19.1 Å². The minimum Gasteiger partial charge on any atom is -0.479 e. The SMILES string of the molecule is C[C@H](Oc1ccc(Cl)cc1Cl)C(=O)NNC(=O)C(=O)NCc1ccccc1. The van der Waals surface area contributed by atoms with Crippen molar-refractivity contribution >= 4 is 40.9 Å². The van der Waals surface area contributed by atoms with Gasteiger partial charge in [0.15, 0.2) is 6.10 Å². The molecule has 0 saturated heterocycles. The number of halogens is 2. The van der Waals surface area contributed by atoms with Crippen molar-refractivity contribution in [3.05, 3.63) is 64.1 Å². The van der Waals surface area contributed by atoms with E-state index in [9.17, 15) is 14.4 Å². The molecule has 2 rings (SSSR count). The highest BCUT2D eigenvalue weighted by molar-refractivity contribution is 6.35. The van der Waals surface area contributed by atoms with Crippen LogP contribution in [0.25, 0.3) is 0 Å². The van der Waals surface area contributed by atoms with Gasteiger partial charge in [0.2, 0.25) is 0 Å². The van der Waals surface area contributed by atoms with Crippen LogP contribution in [0.1, 0.15) is 12.5 Å². The lowest BCUT2D eigenvalue weighted by Gasteiger charge is -2.16. The molecule has 0 heterocycles. The summed E-state index contributed by atoms with van der Waals surface area (Å²) in [6.07, 6.45) is -0.976. The molecule has 0 bridgehead atoms. The summed E-state index contributed by atoms with van der Waals surface area (Å²) in [4.78, 5) is 35.4. The van der Waals surface area contributed by atoms with Crippen molar-refractivity contribution in [3.8, 4) is 5.75 Å². The van der Waals surface area contributed by atoms with Crippen LogP contribution in [0.4, 0.5) is 0 Å². The third-order valence-electron chi connectivity index (χ3n) is 3.37. The number of nitrogens with one attached hydrogen (secondary N) is 3. The number of hydrazine groups is 1. The van der Waals surface area contributed by atoms with Crippen LogP contribution in [0.2, 0.25) is 10.0 Å². The molecule has 3 amide bonds. The Bertz CT molecular complexity index is 831. The normalized spacial score (nSPS) is 11.2. The number of amides is 3. The Morgan fingerprint density at radius 2 is 1.70 bits per heavy atom. The van der Waals surface area contributed by atoms with Crippen molar-refractivity contribution in [1.29, 1.82) is 0 Å². The van der Waals surface area contributed by atoms with E-state index in [0.29, 0.717) is 5.02 Å². The van der Waals surface area contributed by atoms with Crippen molar-refractivity contribution in [1.82, 2.24) is 16.2 Å². The van der Waals surface area contributed by atoms with E-state index >= 15 is 0 Å². The molecule has 0 unspecified atom stereocenters. The van der Waals surface area contributed by atoms with Gasteiger partial charge in [-0.3, -0.25) is 25.2 Å². The van der Waals surface area contributed by atoms with Gasteiger partial charge in [0.05, 0.1) is 5.02 Å². The Morgan fingerprint density at radius 3 is 2.37 bits per heavy atom. The zero-order valence-electron chi connectivity index (χ0n) is 14.3. The van der Waals surface area contributed by atoms with E-state index in [1.54, 1.807) is 18.2 Å². The Morgan fingerprint density at radius 1 is 1.00 bits per heavy atom. The van der Waals surface area contributed by atoms with Crippen LogP contribution >= 0.6 is 23.2 Å². The maximum Gasteiger partial charge on any atom is 0.327 e. The number of benzene rings is 2. The Balaban J connectivity index is 1.77. The van der Waals surface area contributed by atoms with Crippen LogP contribution in [0, 0.1) is 0 Å². The second-order valence-corrected chi connectivity index (χ2v) is 6.29. The van der Waals surface area contributed by atoms with Crippen LogP contribution in [-0.2, 0) is 20.9 Å². The zero-order chi connectivity index (χ0) is 19.8. The van der Waals surface area contributed by atoms with E-state index in [0.717, 1.165) is 5.56 Å². The fourth-order valence-electron chi connectivity index (χ4n) is 1.95. The van der Waals surface area contributed by atoms with Gasteiger partial charge < -0.3 is 10.1 Å². The molecule has 0 aliphatic carbocycles. The van der Waals surface area contributed by atoms with Gasteiger partial charge in [0, 0.05) is 11.6 Å². The first-order valence-electron chi connectivity index (χ1n) is 7.90. The molecule has 0 fully saturated rings. The molecule has 0 aliphatic rings. The lowest BCUT2D eigenvalue weighted by atomic mass is 10.2. The van der Waals surface area contributed by atoms with Gasteiger partial charge in [-0.1, -0.05) is 53.5 Å². The molecule has 0 radical (unpaired) electrons. The average molecular weight is 410 g/mol. The molecule has 1 atom stereocenters. The van der Waals surface area contributed by atoms with Crippen molar-refractivity contribution in [3.63, 3.8) is 0 Å². The summed E-state index contributed by atoms with van der Waals surface area (Å²) in [5, 5.41) is 3.11. The van der Waals surface area contributed by atoms with E-state index < -0.39 is 23.8 Å². The largest absolute Gasteiger partial charge is 0.479 e. The molecule has 0 aliphatic heterocycles. The fraction of sp³-hybridized carbons (Fsp3) is 0.167. The summed E-state index contributed by atoms with van der Waals surface area (Å²) in [6.45, 7) is 1.65. The average Bonchev–Trinajstić information content (AvgIpc) is 2.66. The van der Waals surface area contributed by atoms with Crippen molar-refractivity contribution in [2.45, 2.75) is 19.6 Å². The Kier molecular flexibility index (Phi) is 7.45. The maximum absolute atomic E-state index is 12.0. The molecule has 27 heavy (non-hydrogen) atoms. The molecule has 3 N–H and O–H groups in total. The van der Waals surface area contributed by atoms with Gasteiger partial charge in [-0.2, -0.15) is 0 Å². The number of carbonyl (C=O) groups excluding carboxylic acids is 3. The monoisotopic (exact) mass is 409 g/mol. The van der Waals surface area contributed by atoms with E-state index in [4.69, 9.17) is 27.9 Å². The number of rotatable bonds is 5. The van der Waals surface area contributed by atoms with Crippen LogP contribution in [0.5, 0.6) is 5.75 Å². The molecular formula is C18H17Cl2N3O4. The number of carbonyl (C=O) groups is 3. The number of ether oxygens (including phenoxy) is 1. The summed E-state index contributed by atoms with van der Waals surface area (Å²) in [5.41, 5.74) is 4.98. The third kappa shape index (κ3) is 6.47. The summed E-state index contributed by atoms with van der Waals surface area (Å²) < 4.78 is 5.41. The lowest BCUT2D eigenvalue weighted by molar-refractivity contribution is -0.141. The van der Waals surface area contributed by atoms with Gasteiger partial charge in [0.25, 0.3) is 5.91 Å². The highest BCUT2D eigenvalue weighted by atomic mass is 35.5. The van der Waals surface area contributed by atoms with Crippen LogP contribution in [-0.4, -0.2) is 23.8 Å². The summed E-state index contributed by atoms with van der Waals surface area (Å²) in [6, 6.07) is 13.6. The van der Waals surface area contributed by atoms with Crippen molar-refractivity contribution in [2.75, 3.05) is 0 Å². The van der Waals surface area contributed by atoms with E-state index in [-0.39, 0.29) is 17.3 Å². The minimum absolute atomic E-state index is 0.190. The van der Waals surface area contributed by atoms with Crippen LogP contribution in [0.3, 0.4) is 0 Å². The van der Waals surface area contributed by atoms with Gasteiger partial charge in [-0.05, 0) is 30.7 Å². The first kappa shape index (κ1) is 20.5. The first-order valence-corrected chi connectivity index (χ1v) is 8.66. The lowest BCUT2D eigenvalue weighted by Crippen LogP contribution is -2.51. The van der Waals surface area contributed by atoms with Crippen molar-refractivity contribution < 1.29 is 19.1 Å². The summed E-state index contributed by atoms with van der Waals surface area (Å²) in [5.74, 6) is -2.29. The smallest absolute Gasteiger partial charge is 0.327 e. The first-order chi connectivity index (χ1) is 12.9. The molecule has 2 aromatic rings. The predicted molar refractivity (Wildman–Crippen MR) is 101 cm³/mol. The molecule has 0 spiro atoms. The van der Waals surface area contributed by atoms with Gasteiger partial charge in [0.1, 0.15) is 5.75 Å². The highest BCUT2D eigenvalue weighted by Gasteiger charge is 2.19. The molecule has 0 aromatic heterocycles. The topological polar surface area (TPSA) is 96.5 Å². The predicted octanol–water partition coefficient (Wildman–Crippen LogP) is 2.22. The zero-order valence-corrected chi connectivity index (χ0v) is 15.8. The number of hydrogen-bond acceptors (Lipinski definition) is 4. The number of hydrogen-bond donors (Lipinski definition) is 3. The quantitative estimate of drug-likeness (QED) is 0.520. The standard InChI is InChI=1S/C18H17Cl2N3O4/c1-11(27-15-8-7-13(19)9-14(15)20)16(24)22-23-18(26)17(25)21-10-12-5-3-2-4-6-12/h2-9,11H,10H2,1H3,(H,21,25)(H,22,24)(H,23,26)/t11-/m0/s1. The minimum atomic E-state index is -1.00. The maximum atomic E-state index is 12.0. The second-order valence-electron chi connectivity index (χ2n) is 5.45. The molecule has 9 heteroatoms. The third-order valence-corrected chi connectivity index (χ3v) is 3.90. The summed E-state index contributed by atoms with van der Waals surface area (Å²) in [7, 11) is 0. The molecule has 0 saturated carbocycles. The summed E-state index contributed by atoms with van der Waals surface area (Å²) >= 11 is 11.8. The van der Waals surface area contributed by atoms with Crippen LogP contribution in [0.15, 0.2) is 48.5 Å². The Labute approximate surface area is 166 Å². The van der Waals surface area contributed by atoms with E-state index in [1.807, 2.05) is 23.6 Å². The Hall–Kier alpha value is -2.77. The van der Waals surface area contributed by atoms with Gasteiger partial charge in [-0.25, -0.2) is 0 Å². The van der Waals surface area contributed by atoms with Gasteiger partial charge in [-0.15, -0.1) is 0 Å². The molecular weight excluding hydrogens is 393 g/mol. The highest BCUT2D eigenvalue weighted by Crippen LogP contribution is 2.28. The van der Waals surface area contributed by atoms with Crippen molar-refractivity contribution in [2.24, 2.45) is 0 Å². The van der Waals surface area contributed by atoms with E-state index in [2.05, 4.69) is 10.7 Å². The molecule has 7 nitrogen and oxygen atoms in total. The molecule has 142 valence electrons. The second kappa shape index (κ2) is 9.80. The van der Waals surface area contributed by atoms with Gasteiger partial charge >= 0.3 is 11.8 Å².